The van der Waals surface area contributed by atoms with Crippen LogP contribution in [-0.2, 0) is 21.2 Å². The molecule has 28 heavy (non-hydrogen) atoms. The highest BCUT2D eigenvalue weighted by Crippen LogP contribution is 2.29. The molecule has 0 spiro atoms. The smallest absolute Gasteiger partial charge is 0.243 e. The number of halogens is 1. The minimum atomic E-state index is -3.61. The van der Waals surface area contributed by atoms with Crippen LogP contribution in [0.3, 0.4) is 0 Å². The lowest BCUT2D eigenvalue weighted by Crippen LogP contribution is -2.30. The van der Waals surface area contributed by atoms with Crippen LogP contribution in [0.1, 0.15) is 19.4 Å². The lowest BCUT2D eigenvalue weighted by molar-refractivity contribution is -0.115. The van der Waals surface area contributed by atoms with Crippen molar-refractivity contribution < 1.29 is 13.2 Å². The molecule has 1 N–H and O–H groups in total. The molecule has 0 aromatic heterocycles. The number of carbonyl (C=O) groups is 1. The van der Waals surface area contributed by atoms with Crippen LogP contribution in [0.4, 0.5) is 11.4 Å². The lowest BCUT2D eigenvalue weighted by Gasteiger charge is -2.22. The minimum Gasteiger partial charge on any atom is -0.376 e. The number of benzene rings is 2. The summed E-state index contributed by atoms with van der Waals surface area (Å²) < 4.78 is 28.0. The first-order valence-corrected chi connectivity index (χ1v) is 11.3. The van der Waals surface area contributed by atoms with Crippen molar-refractivity contribution in [3.05, 3.63) is 52.5 Å². The predicted molar refractivity (Wildman–Crippen MR) is 117 cm³/mol. The van der Waals surface area contributed by atoms with E-state index in [4.69, 9.17) is 0 Å². The van der Waals surface area contributed by atoms with Crippen LogP contribution in [0, 0.1) is 0 Å². The van der Waals surface area contributed by atoms with Gasteiger partial charge in [0, 0.05) is 31.7 Å². The number of amides is 1. The standard InChI is InChI=1S/C20H26BrN3O3S/c1-5-24(6-2)28(26,27)17-11-12-19(23(3)4)18(14-17)22-20(25)13-15-7-9-16(21)10-8-15/h7-12,14H,5-6,13H2,1-4H3,(H,22,25). The van der Waals surface area contributed by atoms with Gasteiger partial charge in [0.25, 0.3) is 0 Å². The predicted octanol–water partition coefficient (Wildman–Crippen LogP) is 3.73. The second-order valence-corrected chi connectivity index (χ2v) is 9.37. The molecule has 2 rings (SSSR count). The molecule has 0 bridgehead atoms. The van der Waals surface area contributed by atoms with Crippen molar-refractivity contribution in [2.75, 3.05) is 37.4 Å². The van der Waals surface area contributed by atoms with Gasteiger partial charge in [0.05, 0.1) is 22.7 Å². The highest BCUT2D eigenvalue weighted by Gasteiger charge is 2.23. The Morgan fingerprint density at radius 1 is 1.04 bits per heavy atom. The summed E-state index contributed by atoms with van der Waals surface area (Å²) in [7, 11) is 0.0837. The average Bonchev–Trinajstić information content (AvgIpc) is 2.64. The molecule has 8 heteroatoms. The van der Waals surface area contributed by atoms with E-state index in [0.717, 1.165) is 15.7 Å². The number of sulfonamides is 1. The van der Waals surface area contributed by atoms with Gasteiger partial charge in [-0.3, -0.25) is 4.79 Å². The first kappa shape index (κ1) is 22.4. The van der Waals surface area contributed by atoms with Gasteiger partial charge in [-0.05, 0) is 35.9 Å². The molecular weight excluding hydrogens is 442 g/mol. The van der Waals surface area contributed by atoms with Crippen LogP contribution < -0.4 is 10.2 Å². The molecular formula is C20H26BrN3O3S. The van der Waals surface area contributed by atoms with Gasteiger partial charge in [0.2, 0.25) is 15.9 Å². The van der Waals surface area contributed by atoms with E-state index in [9.17, 15) is 13.2 Å². The van der Waals surface area contributed by atoms with Crippen LogP contribution in [0.15, 0.2) is 51.8 Å². The maximum atomic E-state index is 12.8. The number of carbonyl (C=O) groups excluding carboxylic acids is 1. The van der Waals surface area contributed by atoms with Gasteiger partial charge >= 0.3 is 0 Å². The molecule has 1 amide bonds. The largest absolute Gasteiger partial charge is 0.376 e. The van der Waals surface area contributed by atoms with Gasteiger partial charge in [0.1, 0.15) is 0 Å². The van der Waals surface area contributed by atoms with E-state index in [1.165, 1.54) is 10.4 Å². The molecule has 2 aromatic carbocycles. The SMILES string of the molecule is CCN(CC)S(=O)(=O)c1ccc(N(C)C)c(NC(=O)Cc2ccc(Br)cc2)c1. The van der Waals surface area contributed by atoms with Crippen molar-refractivity contribution in [3.63, 3.8) is 0 Å². The second-order valence-electron chi connectivity index (χ2n) is 6.51. The monoisotopic (exact) mass is 467 g/mol. The van der Waals surface area contributed by atoms with Crippen LogP contribution in [-0.4, -0.2) is 45.8 Å². The molecule has 0 atom stereocenters. The van der Waals surface area contributed by atoms with Crippen LogP contribution in [0.5, 0.6) is 0 Å². The fourth-order valence-electron chi connectivity index (χ4n) is 2.86. The summed E-state index contributed by atoms with van der Waals surface area (Å²) in [6.07, 6.45) is 0.202. The van der Waals surface area contributed by atoms with Crippen LogP contribution >= 0.6 is 15.9 Å². The topological polar surface area (TPSA) is 69.7 Å². The second kappa shape index (κ2) is 9.54. The Hall–Kier alpha value is -1.90. The van der Waals surface area contributed by atoms with Crippen molar-refractivity contribution >= 4 is 43.2 Å². The van der Waals surface area contributed by atoms with E-state index in [2.05, 4.69) is 21.2 Å². The van der Waals surface area contributed by atoms with Crippen LogP contribution in [0.2, 0.25) is 0 Å². The molecule has 0 aliphatic rings. The molecule has 0 saturated heterocycles. The van der Waals surface area contributed by atoms with Gasteiger partial charge < -0.3 is 10.2 Å². The van der Waals surface area contributed by atoms with E-state index in [1.54, 1.807) is 26.0 Å². The molecule has 152 valence electrons. The zero-order valence-corrected chi connectivity index (χ0v) is 19.0. The van der Waals surface area contributed by atoms with E-state index in [1.807, 2.05) is 43.3 Å². The maximum absolute atomic E-state index is 12.8. The number of hydrogen-bond acceptors (Lipinski definition) is 4. The molecule has 0 radical (unpaired) electrons. The molecule has 0 aliphatic carbocycles. The summed E-state index contributed by atoms with van der Waals surface area (Å²) in [6.45, 7) is 4.38. The number of nitrogens with one attached hydrogen (secondary N) is 1. The number of rotatable bonds is 8. The quantitative estimate of drug-likeness (QED) is 0.641. The number of nitrogens with zero attached hydrogens (tertiary/aromatic N) is 2. The summed E-state index contributed by atoms with van der Waals surface area (Å²) in [5.74, 6) is -0.206. The van der Waals surface area contributed by atoms with Crippen molar-refractivity contribution in [2.24, 2.45) is 0 Å². The van der Waals surface area contributed by atoms with Gasteiger partial charge in [0.15, 0.2) is 0 Å². The molecule has 0 unspecified atom stereocenters. The molecule has 0 aliphatic heterocycles. The summed E-state index contributed by atoms with van der Waals surface area (Å²) in [5, 5.41) is 2.87. The summed E-state index contributed by atoms with van der Waals surface area (Å²) in [5.41, 5.74) is 2.09. The minimum absolute atomic E-state index is 0.167. The summed E-state index contributed by atoms with van der Waals surface area (Å²) in [6, 6.07) is 12.3. The first-order valence-electron chi connectivity index (χ1n) is 9.04. The van der Waals surface area contributed by atoms with E-state index in [0.29, 0.717) is 18.8 Å². The third-order valence-electron chi connectivity index (χ3n) is 4.35. The van der Waals surface area contributed by atoms with E-state index >= 15 is 0 Å². The average molecular weight is 468 g/mol. The third-order valence-corrected chi connectivity index (χ3v) is 6.92. The first-order chi connectivity index (χ1) is 13.2. The molecule has 0 saturated carbocycles. The Morgan fingerprint density at radius 2 is 1.64 bits per heavy atom. The van der Waals surface area contributed by atoms with Crippen molar-refractivity contribution in [1.29, 1.82) is 0 Å². The summed E-state index contributed by atoms with van der Waals surface area (Å²) in [4.78, 5) is 14.6. The normalized spacial score (nSPS) is 11.5. The van der Waals surface area contributed by atoms with Gasteiger partial charge in [-0.1, -0.05) is 41.9 Å². The molecule has 0 heterocycles. The summed E-state index contributed by atoms with van der Waals surface area (Å²) >= 11 is 3.37. The van der Waals surface area contributed by atoms with Crippen molar-refractivity contribution in [1.82, 2.24) is 4.31 Å². The molecule has 2 aromatic rings. The fourth-order valence-corrected chi connectivity index (χ4v) is 4.61. The Balaban J connectivity index is 2.33. The Morgan fingerprint density at radius 3 is 2.18 bits per heavy atom. The van der Waals surface area contributed by atoms with E-state index in [-0.39, 0.29) is 17.2 Å². The number of hydrogen-bond donors (Lipinski definition) is 1. The van der Waals surface area contributed by atoms with Gasteiger partial charge in [-0.25, -0.2) is 8.42 Å². The maximum Gasteiger partial charge on any atom is 0.243 e. The third kappa shape index (κ3) is 5.33. The fraction of sp³-hybridized carbons (Fsp3) is 0.350. The highest BCUT2D eigenvalue weighted by atomic mass is 79.9. The Bertz CT molecular complexity index is 924. The Labute approximate surface area is 175 Å². The van der Waals surface area contributed by atoms with E-state index < -0.39 is 10.0 Å². The van der Waals surface area contributed by atoms with Gasteiger partial charge in [-0.15, -0.1) is 0 Å². The van der Waals surface area contributed by atoms with Crippen LogP contribution in [0.25, 0.3) is 0 Å². The molecule has 6 nitrogen and oxygen atoms in total. The Kier molecular flexibility index (Phi) is 7.63. The zero-order valence-electron chi connectivity index (χ0n) is 16.6. The highest BCUT2D eigenvalue weighted by molar-refractivity contribution is 9.10. The van der Waals surface area contributed by atoms with Crippen molar-refractivity contribution in [3.8, 4) is 0 Å². The zero-order chi connectivity index (χ0) is 20.9. The van der Waals surface area contributed by atoms with Gasteiger partial charge in [-0.2, -0.15) is 4.31 Å². The van der Waals surface area contributed by atoms with Crippen molar-refractivity contribution in [2.45, 2.75) is 25.2 Å². The number of anilines is 2. The lowest BCUT2D eigenvalue weighted by atomic mass is 10.1. The molecule has 0 fully saturated rings.